The van der Waals surface area contributed by atoms with Gasteiger partial charge in [0.25, 0.3) is 0 Å². The maximum atomic E-state index is 10.9. The average Bonchev–Trinajstić information content (AvgIpc) is 2.46. The minimum Gasteiger partial charge on any atom is -0.497 e. The molecular weight excluding hydrogens is 274 g/mol. The van der Waals surface area contributed by atoms with Crippen LogP contribution in [0.1, 0.15) is 16.1 Å². The Morgan fingerprint density at radius 3 is 2.62 bits per heavy atom. The summed E-state index contributed by atoms with van der Waals surface area (Å²) in [5.41, 5.74) is 1.07. The Morgan fingerprint density at radius 1 is 1.29 bits per heavy atom. The molecule has 2 aromatic rings. The van der Waals surface area contributed by atoms with E-state index in [1.54, 1.807) is 39.3 Å². The first-order valence-electron chi connectivity index (χ1n) is 6.11. The Balaban J connectivity index is 2.33. The lowest BCUT2D eigenvalue weighted by molar-refractivity contribution is 0.0695. The summed E-state index contributed by atoms with van der Waals surface area (Å²) in [4.78, 5) is 19.0. The number of ether oxygens (including phenoxy) is 2. The van der Waals surface area contributed by atoms with Crippen LogP contribution in [0.3, 0.4) is 0 Å². The summed E-state index contributed by atoms with van der Waals surface area (Å²) in [5, 5.41) is 11.9. The standard InChI is InChI=1S/C14H15N3O4/c1-8-10(13(18)19)7-15-14(16-8)17-11-6-9(20-2)4-5-12(11)21-3/h4-7H,1-3H3,(H,18,19)(H,15,16,17). The zero-order valence-electron chi connectivity index (χ0n) is 11.9. The predicted octanol–water partition coefficient (Wildman–Crippen LogP) is 2.24. The van der Waals surface area contributed by atoms with Crippen molar-refractivity contribution in [2.75, 3.05) is 19.5 Å². The van der Waals surface area contributed by atoms with Gasteiger partial charge >= 0.3 is 5.97 Å². The second-order valence-corrected chi connectivity index (χ2v) is 4.19. The number of carbonyl (C=O) groups is 1. The Bertz CT molecular complexity index is 673. The van der Waals surface area contributed by atoms with Gasteiger partial charge in [-0.05, 0) is 19.1 Å². The normalized spacial score (nSPS) is 10.0. The lowest BCUT2D eigenvalue weighted by Crippen LogP contribution is -2.06. The zero-order valence-corrected chi connectivity index (χ0v) is 11.9. The minimum absolute atomic E-state index is 0.0677. The summed E-state index contributed by atoms with van der Waals surface area (Å²) in [6.45, 7) is 1.61. The van der Waals surface area contributed by atoms with E-state index in [-0.39, 0.29) is 11.5 Å². The largest absolute Gasteiger partial charge is 0.497 e. The molecule has 0 saturated heterocycles. The first-order chi connectivity index (χ1) is 10.0. The van der Waals surface area contributed by atoms with E-state index in [1.807, 2.05) is 0 Å². The highest BCUT2D eigenvalue weighted by Gasteiger charge is 2.11. The van der Waals surface area contributed by atoms with Crippen LogP contribution in [0.5, 0.6) is 11.5 Å². The number of nitrogens with zero attached hydrogens (tertiary/aromatic N) is 2. The zero-order chi connectivity index (χ0) is 15.4. The van der Waals surface area contributed by atoms with Gasteiger partial charge in [0, 0.05) is 12.3 Å². The van der Waals surface area contributed by atoms with Gasteiger partial charge in [0.1, 0.15) is 11.5 Å². The van der Waals surface area contributed by atoms with Gasteiger partial charge in [0.2, 0.25) is 5.95 Å². The fraction of sp³-hybridized carbons (Fsp3) is 0.214. The van der Waals surface area contributed by atoms with Crippen molar-refractivity contribution < 1.29 is 19.4 Å². The SMILES string of the molecule is COc1ccc(OC)c(Nc2ncc(C(=O)O)c(C)n2)c1. The molecule has 2 N–H and O–H groups in total. The fourth-order valence-corrected chi connectivity index (χ4v) is 1.77. The Labute approximate surface area is 121 Å². The van der Waals surface area contributed by atoms with Gasteiger partial charge in [-0.1, -0.05) is 0 Å². The number of rotatable bonds is 5. The molecule has 0 bridgehead atoms. The van der Waals surface area contributed by atoms with Crippen molar-refractivity contribution in [3.8, 4) is 11.5 Å². The summed E-state index contributed by atoms with van der Waals surface area (Å²) in [6.07, 6.45) is 1.26. The fourth-order valence-electron chi connectivity index (χ4n) is 1.77. The van der Waals surface area contributed by atoms with E-state index in [9.17, 15) is 4.79 Å². The Kier molecular flexibility index (Phi) is 4.22. The molecule has 0 amide bonds. The Morgan fingerprint density at radius 2 is 2.05 bits per heavy atom. The third kappa shape index (κ3) is 3.19. The number of benzene rings is 1. The van der Waals surface area contributed by atoms with E-state index in [0.717, 1.165) is 0 Å². The van der Waals surface area contributed by atoms with Crippen molar-refractivity contribution in [1.29, 1.82) is 0 Å². The van der Waals surface area contributed by atoms with E-state index in [4.69, 9.17) is 14.6 Å². The molecule has 1 aromatic heterocycles. The van der Waals surface area contributed by atoms with Crippen LogP contribution in [0.15, 0.2) is 24.4 Å². The molecule has 0 aliphatic rings. The summed E-state index contributed by atoms with van der Waals surface area (Å²) in [5.74, 6) is 0.471. The number of aromatic carboxylic acids is 1. The number of anilines is 2. The highest BCUT2D eigenvalue weighted by Crippen LogP contribution is 2.30. The topological polar surface area (TPSA) is 93.6 Å². The number of aromatic nitrogens is 2. The molecule has 1 aromatic carbocycles. The number of carboxylic acid groups (broad SMARTS) is 1. The molecule has 0 spiro atoms. The van der Waals surface area contributed by atoms with E-state index >= 15 is 0 Å². The number of hydrogen-bond acceptors (Lipinski definition) is 6. The second kappa shape index (κ2) is 6.08. The minimum atomic E-state index is -1.06. The number of aryl methyl sites for hydroxylation is 1. The molecule has 2 rings (SSSR count). The lowest BCUT2D eigenvalue weighted by Gasteiger charge is -2.12. The molecule has 0 aliphatic heterocycles. The number of nitrogens with one attached hydrogen (secondary N) is 1. The summed E-state index contributed by atoms with van der Waals surface area (Å²) < 4.78 is 10.4. The van der Waals surface area contributed by atoms with Gasteiger partial charge in [0.15, 0.2) is 0 Å². The van der Waals surface area contributed by atoms with E-state index < -0.39 is 5.97 Å². The quantitative estimate of drug-likeness (QED) is 0.871. The third-order valence-electron chi connectivity index (χ3n) is 2.86. The first-order valence-corrected chi connectivity index (χ1v) is 6.11. The molecule has 0 aliphatic carbocycles. The van der Waals surface area contributed by atoms with E-state index in [1.165, 1.54) is 6.20 Å². The predicted molar refractivity (Wildman–Crippen MR) is 76.6 cm³/mol. The molecule has 0 saturated carbocycles. The molecule has 21 heavy (non-hydrogen) atoms. The van der Waals surface area contributed by atoms with Crippen molar-refractivity contribution in [2.45, 2.75) is 6.92 Å². The van der Waals surface area contributed by atoms with Crippen LogP contribution in [0, 0.1) is 6.92 Å². The van der Waals surface area contributed by atoms with E-state index in [2.05, 4.69) is 15.3 Å². The molecule has 0 atom stereocenters. The lowest BCUT2D eigenvalue weighted by atomic mass is 10.2. The third-order valence-corrected chi connectivity index (χ3v) is 2.86. The van der Waals surface area contributed by atoms with Crippen LogP contribution in [0.25, 0.3) is 0 Å². The number of methoxy groups -OCH3 is 2. The number of hydrogen-bond donors (Lipinski definition) is 2. The molecule has 1 heterocycles. The monoisotopic (exact) mass is 289 g/mol. The molecule has 0 radical (unpaired) electrons. The highest BCUT2D eigenvalue weighted by molar-refractivity contribution is 5.88. The Hall–Kier alpha value is -2.83. The van der Waals surface area contributed by atoms with Crippen LogP contribution < -0.4 is 14.8 Å². The summed E-state index contributed by atoms with van der Waals surface area (Å²) in [6, 6.07) is 5.26. The van der Waals surface area contributed by atoms with Crippen molar-refractivity contribution in [1.82, 2.24) is 9.97 Å². The van der Waals surface area contributed by atoms with Crippen LogP contribution in [0.2, 0.25) is 0 Å². The van der Waals surface area contributed by atoms with Gasteiger partial charge in [0.05, 0.1) is 31.2 Å². The number of carboxylic acids is 1. The molecule has 0 fully saturated rings. The maximum absolute atomic E-state index is 10.9. The van der Waals surface area contributed by atoms with Crippen molar-refractivity contribution >= 4 is 17.6 Å². The van der Waals surface area contributed by atoms with Gasteiger partial charge in [-0.3, -0.25) is 0 Å². The van der Waals surface area contributed by atoms with Crippen molar-refractivity contribution in [3.63, 3.8) is 0 Å². The highest BCUT2D eigenvalue weighted by atomic mass is 16.5. The van der Waals surface area contributed by atoms with Gasteiger partial charge in [-0.25, -0.2) is 14.8 Å². The van der Waals surface area contributed by atoms with Crippen LogP contribution in [0.4, 0.5) is 11.6 Å². The molecule has 7 nitrogen and oxygen atoms in total. The molecule has 110 valence electrons. The summed E-state index contributed by atoms with van der Waals surface area (Å²) in [7, 11) is 3.11. The van der Waals surface area contributed by atoms with Gasteiger partial charge < -0.3 is 19.9 Å². The molecule has 7 heteroatoms. The van der Waals surface area contributed by atoms with Crippen molar-refractivity contribution in [2.24, 2.45) is 0 Å². The van der Waals surface area contributed by atoms with Gasteiger partial charge in [-0.2, -0.15) is 0 Å². The van der Waals surface area contributed by atoms with Crippen LogP contribution in [-0.4, -0.2) is 35.3 Å². The first kappa shape index (κ1) is 14.6. The maximum Gasteiger partial charge on any atom is 0.339 e. The van der Waals surface area contributed by atoms with E-state index in [0.29, 0.717) is 22.9 Å². The summed E-state index contributed by atoms with van der Waals surface area (Å²) >= 11 is 0. The van der Waals surface area contributed by atoms with Crippen molar-refractivity contribution in [3.05, 3.63) is 35.7 Å². The molecular formula is C14H15N3O4. The van der Waals surface area contributed by atoms with Crippen LogP contribution in [-0.2, 0) is 0 Å². The molecule has 0 unspecified atom stereocenters. The second-order valence-electron chi connectivity index (χ2n) is 4.19. The smallest absolute Gasteiger partial charge is 0.339 e. The average molecular weight is 289 g/mol. The van der Waals surface area contributed by atoms with Gasteiger partial charge in [-0.15, -0.1) is 0 Å². The van der Waals surface area contributed by atoms with Crippen LogP contribution >= 0.6 is 0 Å².